The molecule has 0 aliphatic heterocycles. The molecular weight excluding hydrogens is 326 g/mol. The van der Waals surface area contributed by atoms with Crippen LogP contribution in [0.25, 0.3) is 0 Å². The number of nitrogens with zero attached hydrogens (tertiary/aromatic N) is 2. The molecule has 0 heterocycles. The van der Waals surface area contributed by atoms with Gasteiger partial charge in [-0.2, -0.15) is 5.26 Å². The third kappa shape index (κ3) is 5.24. The summed E-state index contributed by atoms with van der Waals surface area (Å²) in [5.74, 6) is -0.121. The largest absolute Gasteiger partial charge is 0.353 e. The van der Waals surface area contributed by atoms with Gasteiger partial charge in [-0.25, -0.2) is 8.42 Å². The van der Waals surface area contributed by atoms with Crippen molar-refractivity contribution in [1.82, 2.24) is 5.32 Å². The van der Waals surface area contributed by atoms with Crippen molar-refractivity contribution in [3.63, 3.8) is 0 Å². The molecule has 0 atom stereocenters. The number of amides is 1. The zero-order chi connectivity index (χ0) is 17.6. The van der Waals surface area contributed by atoms with Gasteiger partial charge in [0.15, 0.2) is 0 Å². The average Bonchev–Trinajstić information content (AvgIpc) is 2.55. The van der Waals surface area contributed by atoms with Crippen LogP contribution >= 0.6 is 0 Å². The van der Waals surface area contributed by atoms with Gasteiger partial charge in [-0.15, -0.1) is 0 Å². The van der Waals surface area contributed by atoms with Crippen LogP contribution in [0, 0.1) is 11.3 Å². The molecule has 0 radical (unpaired) electrons. The Kier molecular flexibility index (Phi) is 6.21. The normalized spacial score (nSPS) is 15.5. The molecule has 1 aliphatic carbocycles. The third-order valence-corrected chi connectivity index (χ3v) is 5.39. The topological polar surface area (TPSA) is 90.3 Å². The van der Waals surface area contributed by atoms with E-state index in [1.54, 1.807) is 24.3 Å². The fourth-order valence-corrected chi connectivity index (χ4v) is 3.87. The lowest BCUT2D eigenvalue weighted by Gasteiger charge is -2.25. The molecule has 0 bridgehead atoms. The van der Waals surface area contributed by atoms with Crippen molar-refractivity contribution < 1.29 is 13.2 Å². The van der Waals surface area contributed by atoms with Gasteiger partial charge in [0.05, 0.1) is 23.6 Å². The molecule has 0 spiro atoms. The SMILES string of the molecule is CS(=O)(=O)N(CCC(=O)NC1CCCCC1)c1ccc(C#N)cc1. The standard InChI is InChI=1S/C17H23N3O3S/c1-24(22,23)20(16-9-7-14(13-18)8-10-16)12-11-17(21)19-15-5-3-2-4-6-15/h7-10,15H,2-6,11-12H2,1H3,(H,19,21). The van der Waals surface area contributed by atoms with Crippen LogP contribution in [-0.4, -0.2) is 33.2 Å². The van der Waals surface area contributed by atoms with Crippen LogP contribution in [0.3, 0.4) is 0 Å². The van der Waals surface area contributed by atoms with Crippen LogP contribution in [0.15, 0.2) is 24.3 Å². The van der Waals surface area contributed by atoms with Gasteiger partial charge in [0.1, 0.15) is 0 Å². The highest BCUT2D eigenvalue weighted by atomic mass is 32.2. The molecule has 1 fully saturated rings. The highest BCUT2D eigenvalue weighted by molar-refractivity contribution is 7.92. The molecule has 24 heavy (non-hydrogen) atoms. The number of carbonyl (C=O) groups is 1. The first-order chi connectivity index (χ1) is 11.4. The second kappa shape index (κ2) is 8.15. The van der Waals surface area contributed by atoms with Crippen LogP contribution in [0.4, 0.5) is 5.69 Å². The summed E-state index contributed by atoms with van der Waals surface area (Å²) in [6.45, 7) is 0.0866. The zero-order valence-electron chi connectivity index (χ0n) is 13.9. The number of carbonyl (C=O) groups excluding carboxylic acids is 1. The van der Waals surface area contributed by atoms with Crippen LogP contribution in [0.2, 0.25) is 0 Å². The molecule has 1 amide bonds. The Balaban J connectivity index is 1.98. The van der Waals surface area contributed by atoms with Crippen molar-refractivity contribution in [3.05, 3.63) is 29.8 Å². The summed E-state index contributed by atoms with van der Waals surface area (Å²) in [6, 6.07) is 8.51. The number of sulfonamides is 1. The Morgan fingerprint density at radius 1 is 1.25 bits per heavy atom. The van der Waals surface area contributed by atoms with Crippen LogP contribution < -0.4 is 9.62 Å². The van der Waals surface area contributed by atoms with E-state index in [-0.39, 0.29) is 24.9 Å². The van der Waals surface area contributed by atoms with Crippen LogP contribution in [0.5, 0.6) is 0 Å². The molecule has 0 aromatic heterocycles. The maximum atomic E-state index is 12.1. The predicted molar refractivity (Wildman–Crippen MR) is 93.0 cm³/mol. The number of rotatable bonds is 6. The molecule has 1 aromatic carbocycles. The highest BCUT2D eigenvalue weighted by Gasteiger charge is 2.20. The fourth-order valence-electron chi connectivity index (χ4n) is 2.94. The minimum absolute atomic E-state index is 0.0866. The number of nitriles is 1. The van der Waals surface area contributed by atoms with Crippen LogP contribution in [-0.2, 0) is 14.8 Å². The summed E-state index contributed by atoms with van der Waals surface area (Å²) in [6.07, 6.45) is 6.70. The van der Waals surface area contributed by atoms with E-state index in [1.165, 1.54) is 10.7 Å². The van der Waals surface area contributed by atoms with Gasteiger partial charge in [-0.05, 0) is 37.1 Å². The predicted octanol–water partition coefficient (Wildman–Crippen LogP) is 2.16. The maximum Gasteiger partial charge on any atom is 0.232 e. The number of benzene rings is 1. The van der Waals surface area contributed by atoms with Crippen molar-refractivity contribution in [1.29, 1.82) is 5.26 Å². The Labute approximate surface area is 143 Å². The van der Waals surface area contributed by atoms with Gasteiger partial charge in [0.2, 0.25) is 15.9 Å². The zero-order valence-corrected chi connectivity index (χ0v) is 14.7. The van der Waals surface area contributed by atoms with E-state index in [4.69, 9.17) is 5.26 Å². The maximum absolute atomic E-state index is 12.1. The summed E-state index contributed by atoms with van der Waals surface area (Å²) in [4.78, 5) is 12.1. The average molecular weight is 349 g/mol. The van der Waals surface area contributed by atoms with E-state index in [2.05, 4.69) is 5.32 Å². The Hall–Kier alpha value is -2.07. The lowest BCUT2D eigenvalue weighted by Crippen LogP contribution is -2.39. The molecular formula is C17H23N3O3S. The molecule has 130 valence electrons. The highest BCUT2D eigenvalue weighted by Crippen LogP contribution is 2.19. The molecule has 6 nitrogen and oxygen atoms in total. The lowest BCUT2D eigenvalue weighted by molar-refractivity contribution is -0.121. The van der Waals surface area contributed by atoms with Gasteiger partial charge in [0.25, 0.3) is 0 Å². The molecule has 0 saturated heterocycles. The van der Waals surface area contributed by atoms with Crippen molar-refractivity contribution in [2.75, 3.05) is 17.1 Å². The summed E-state index contributed by atoms with van der Waals surface area (Å²) in [5.41, 5.74) is 0.921. The molecule has 2 rings (SSSR count). The molecule has 1 saturated carbocycles. The minimum atomic E-state index is -3.50. The van der Waals surface area contributed by atoms with E-state index in [9.17, 15) is 13.2 Å². The number of anilines is 1. The van der Waals surface area contributed by atoms with E-state index >= 15 is 0 Å². The Morgan fingerprint density at radius 2 is 1.88 bits per heavy atom. The Bertz CT molecular complexity index is 702. The lowest BCUT2D eigenvalue weighted by atomic mass is 9.95. The summed E-state index contributed by atoms with van der Waals surface area (Å²) < 4.78 is 25.2. The minimum Gasteiger partial charge on any atom is -0.353 e. The first-order valence-corrected chi connectivity index (χ1v) is 10.0. The molecule has 1 N–H and O–H groups in total. The van der Waals surface area contributed by atoms with Crippen molar-refractivity contribution in [2.24, 2.45) is 0 Å². The van der Waals surface area contributed by atoms with Crippen molar-refractivity contribution >= 4 is 21.6 Å². The van der Waals surface area contributed by atoms with E-state index in [1.807, 2.05) is 6.07 Å². The monoisotopic (exact) mass is 349 g/mol. The van der Waals surface area contributed by atoms with Crippen LogP contribution in [0.1, 0.15) is 44.1 Å². The summed E-state index contributed by atoms with van der Waals surface area (Å²) in [7, 11) is -3.50. The van der Waals surface area contributed by atoms with E-state index < -0.39 is 10.0 Å². The third-order valence-electron chi connectivity index (χ3n) is 4.20. The van der Waals surface area contributed by atoms with Gasteiger partial charge in [0, 0.05) is 19.0 Å². The Morgan fingerprint density at radius 3 is 2.42 bits per heavy atom. The van der Waals surface area contributed by atoms with Gasteiger partial charge >= 0.3 is 0 Å². The number of hydrogen-bond acceptors (Lipinski definition) is 4. The molecule has 0 unspecified atom stereocenters. The van der Waals surface area contributed by atoms with Crippen molar-refractivity contribution in [2.45, 2.75) is 44.6 Å². The van der Waals surface area contributed by atoms with Gasteiger partial charge in [-0.1, -0.05) is 19.3 Å². The van der Waals surface area contributed by atoms with Gasteiger partial charge in [-0.3, -0.25) is 9.10 Å². The first kappa shape index (κ1) is 18.3. The molecule has 7 heteroatoms. The molecule has 1 aromatic rings. The van der Waals surface area contributed by atoms with Crippen molar-refractivity contribution in [3.8, 4) is 6.07 Å². The van der Waals surface area contributed by atoms with Gasteiger partial charge < -0.3 is 5.32 Å². The number of hydrogen-bond donors (Lipinski definition) is 1. The number of nitrogens with one attached hydrogen (secondary N) is 1. The smallest absolute Gasteiger partial charge is 0.232 e. The molecule has 1 aliphatic rings. The van der Waals surface area contributed by atoms with E-state index in [0.717, 1.165) is 31.9 Å². The second-order valence-corrected chi connectivity index (χ2v) is 8.05. The quantitative estimate of drug-likeness (QED) is 0.852. The van der Waals surface area contributed by atoms with E-state index in [0.29, 0.717) is 11.3 Å². The fraction of sp³-hybridized carbons (Fsp3) is 0.529. The summed E-state index contributed by atoms with van der Waals surface area (Å²) in [5, 5.41) is 11.8. The first-order valence-electron chi connectivity index (χ1n) is 8.17. The summed E-state index contributed by atoms with van der Waals surface area (Å²) >= 11 is 0. The second-order valence-electron chi connectivity index (χ2n) is 6.15.